The Hall–Kier alpha value is -4.81. The normalized spacial score (nSPS) is 22.4. The number of benzene rings is 1. The third kappa shape index (κ3) is 6.98. The minimum Gasteiger partial charge on any atom is -0.497 e. The van der Waals surface area contributed by atoms with Crippen LogP contribution in [0.3, 0.4) is 0 Å². The number of anilines is 1. The SMILES string of the molecule is COc1ccc2c(OC3C[C@@H](C(N)=O)N(C(=O)[C@@H](NC(=O)O[C@@H]4C=C5C[C@@H]5C4)C(C)(C)C)C3)cc(-n3ccc(NC(C)C)n3)nc2c1. The lowest BCUT2D eigenvalue weighted by molar-refractivity contribution is -0.141. The number of likely N-dealkylation sites (tertiary alicyclic amines) is 1. The highest BCUT2D eigenvalue weighted by atomic mass is 16.6. The van der Waals surface area contributed by atoms with Crippen LogP contribution >= 0.6 is 0 Å². The van der Waals surface area contributed by atoms with Gasteiger partial charge in [0.05, 0.1) is 19.2 Å². The van der Waals surface area contributed by atoms with Crippen molar-refractivity contribution in [3.63, 3.8) is 0 Å². The summed E-state index contributed by atoms with van der Waals surface area (Å²) in [5.74, 6) is 1.78. The molecule has 1 aliphatic heterocycles. The molecule has 4 N–H and O–H groups in total. The summed E-state index contributed by atoms with van der Waals surface area (Å²) in [6.07, 6.45) is 4.29. The van der Waals surface area contributed by atoms with Crippen molar-refractivity contribution in [1.29, 1.82) is 0 Å². The number of aromatic nitrogens is 3. The van der Waals surface area contributed by atoms with E-state index in [-0.39, 0.29) is 25.1 Å². The quantitative estimate of drug-likeness (QED) is 0.277. The number of amides is 3. The number of ether oxygens (including phenoxy) is 3. The molecule has 3 amide bonds. The Kier molecular flexibility index (Phi) is 8.49. The van der Waals surface area contributed by atoms with Crippen LogP contribution in [0.2, 0.25) is 0 Å². The molecule has 5 atom stereocenters. The van der Waals surface area contributed by atoms with Crippen LogP contribution in [0.5, 0.6) is 11.5 Å². The number of pyridine rings is 1. The third-order valence-corrected chi connectivity index (χ3v) is 8.79. The molecule has 2 aromatic heterocycles. The van der Waals surface area contributed by atoms with E-state index in [4.69, 9.17) is 24.9 Å². The molecular weight excluding hydrogens is 602 g/mol. The van der Waals surface area contributed by atoms with Crippen molar-refractivity contribution in [2.24, 2.45) is 17.1 Å². The first kappa shape index (κ1) is 32.1. The van der Waals surface area contributed by atoms with Gasteiger partial charge in [0.15, 0.2) is 5.82 Å². The van der Waals surface area contributed by atoms with E-state index in [1.165, 1.54) is 10.5 Å². The van der Waals surface area contributed by atoms with Crippen molar-refractivity contribution in [2.75, 3.05) is 19.0 Å². The first-order valence-electron chi connectivity index (χ1n) is 16.0. The highest BCUT2D eigenvalue weighted by Gasteiger charge is 2.46. The van der Waals surface area contributed by atoms with Gasteiger partial charge in [-0.15, -0.1) is 5.10 Å². The Morgan fingerprint density at radius 2 is 1.89 bits per heavy atom. The zero-order chi connectivity index (χ0) is 33.6. The van der Waals surface area contributed by atoms with Gasteiger partial charge in [0.25, 0.3) is 0 Å². The molecule has 1 unspecified atom stereocenters. The lowest BCUT2D eigenvalue weighted by Gasteiger charge is -2.34. The summed E-state index contributed by atoms with van der Waals surface area (Å²) in [4.78, 5) is 45.9. The Morgan fingerprint density at radius 1 is 1.11 bits per heavy atom. The molecular formula is C34H43N7O6. The molecule has 13 heteroatoms. The van der Waals surface area contributed by atoms with Gasteiger partial charge in [-0.05, 0) is 56.2 Å². The standard InChI is InChI=1S/C34H43N7O6/c1-18(2)36-28-9-10-41(39-28)29-16-27(24-8-7-21(45-6)14-25(24)37-29)46-23-15-26(31(35)42)40(17-23)32(43)30(34(3,4)5)38-33(44)47-22-12-19-11-20(19)13-22/h7-10,12,14,16,18,20,22-23,26,30H,11,13,15,17H2,1-6H3,(H2,35,42)(H,36,39)(H,38,44)/t20-,22-,23?,26+,30-/m1/s1. The van der Waals surface area contributed by atoms with Crippen LogP contribution in [0, 0.1) is 11.3 Å². The Morgan fingerprint density at radius 3 is 2.55 bits per heavy atom. The molecule has 250 valence electrons. The molecule has 2 fully saturated rings. The lowest BCUT2D eigenvalue weighted by atomic mass is 9.85. The van der Waals surface area contributed by atoms with Crippen molar-refractivity contribution in [2.45, 2.75) is 84.2 Å². The second-order valence-electron chi connectivity index (χ2n) is 14.0. The van der Waals surface area contributed by atoms with Gasteiger partial charge in [0.1, 0.15) is 41.6 Å². The molecule has 0 radical (unpaired) electrons. The van der Waals surface area contributed by atoms with E-state index in [1.54, 1.807) is 24.1 Å². The summed E-state index contributed by atoms with van der Waals surface area (Å²) in [6, 6.07) is 7.43. The number of methoxy groups -OCH3 is 1. The predicted molar refractivity (Wildman–Crippen MR) is 175 cm³/mol. The van der Waals surface area contributed by atoms with E-state index < -0.39 is 41.5 Å². The third-order valence-electron chi connectivity index (χ3n) is 8.79. The summed E-state index contributed by atoms with van der Waals surface area (Å²) >= 11 is 0. The summed E-state index contributed by atoms with van der Waals surface area (Å²) in [5, 5.41) is 11.4. The maximum absolute atomic E-state index is 14.1. The van der Waals surface area contributed by atoms with Gasteiger partial charge < -0.3 is 35.5 Å². The van der Waals surface area contributed by atoms with Crippen LogP contribution < -0.4 is 25.8 Å². The zero-order valence-corrected chi connectivity index (χ0v) is 27.6. The molecule has 13 nitrogen and oxygen atoms in total. The van der Waals surface area contributed by atoms with Crippen molar-refractivity contribution in [1.82, 2.24) is 25.0 Å². The van der Waals surface area contributed by atoms with Crippen LogP contribution in [-0.4, -0.2) is 81.6 Å². The van der Waals surface area contributed by atoms with Gasteiger partial charge >= 0.3 is 6.09 Å². The molecule has 3 aromatic rings. The Balaban J connectivity index is 1.24. The van der Waals surface area contributed by atoms with Crippen LogP contribution in [0.4, 0.5) is 10.6 Å². The van der Waals surface area contributed by atoms with Gasteiger partial charge in [-0.3, -0.25) is 9.59 Å². The number of hydrogen-bond donors (Lipinski definition) is 3. The van der Waals surface area contributed by atoms with Crippen LogP contribution in [-0.2, 0) is 14.3 Å². The second-order valence-corrected chi connectivity index (χ2v) is 14.0. The highest BCUT2D eigenvalue weighted by Crippen LogP contribution is 2.47. The second kappa shape index (κ2) is 12.4. The van der Waals surface area contributed by atoms with Crippen LogP contribution in [0.15, 0.2) is 48.2 Å². The molecule has 6 rings (SSSR count). The van der Waals surface area contributed by atoms with Gasteiger partial charge in [-0.1, -0.05) is 26.3 Å². The van der Waals surface area contributed by atoms with E-state index in [0.717, 1.165) is 18.2 Å². The minimum absolute atomic E-state index is 0.0890. The number of nitrogens with two attached hydrogens (primary N) is 1. The van der Waals surface area contributed by atoms with Gasteiger partial charge in [-0.25, -0.2) is 14.5 Å². The van der Waals surface area contributed by atoms with E-state index in [0.29, 0.717) is 34.6 Å². The monoisotopic (exact) mass is 645 g/mol. The number of carbonyl (C=O) groups is 3. The maximum Gasteiger partial charge on any atom is 0.408 e. The number of primary amides is 1. The molecule has 0 spiro atoms. The predicted octanol–water partition coefficient (Wildman–Crippen LogP) is 3.94. The summed E-state index contributed by atoms with van der Waals surface area (Å²) in [5.41, 5.74) is 7.09. The molecule has 3 heterocycles. The largest absolute Gasteiger partial charge is 0.497 e. The van der Waals surface area contributed by atoms with Gasteiger partial charge in [0.2, 0.25) is 11.8 Å². The fraction of sp³-hybridized carbons (Fsp3) is 0.500. The first-order chi connectivity index (χ1) is 22.3. The van der Waals surface area contributed by atoms with E-state index in [1.807, 2.05) is 65.0 Å². The number of nitrogens with zero attached hydrogens (tertiary/aromatic N) is 4. The summed E-state index contributed by atoms with van der Waals surface area (Å²) < 4.78 is 19.2. The lowest BCUT2D eigenvalue weighted by Crippen LogP contribution is -2.57. The molecule has 1 saturated heterocycles. The van der Waals surface area contributed by atoms with Crippen molar-refractivity contribution in [3.8, 4) is 17.3 Å². The number of nitrogens with one attached hydrogen (secondary N) is 2. The molecule has 0 bridgehead atoms. The topological polar surface area (TPSA) is 163 Å². The average molecular weight is 646 g/mol. The summed E-state index contributed by atoms with van der Waals surface area (Å²) in [7, 11) is 1.59. The van der Waals surface area contributed by atoms with Crippen molar-refractivity contribution >= 4 is 34.6 Å². The Labute approximate surface area is 273 Å². The van der Waals surface area contributed by atoms with Crippen molar-refractivity contribution < 1.29 is 28.6 Å². The number of rotatable bonds is 10. The molecule has 2 aliphatic carbocycles. The van der Waals surface area contributed by atoms with Crippen molar-refractivity contribution in [3.05, 3.63) is 48.2 Å². The van der Waals surface area contributed by atoms with Crippen LogP contribution in [0.25, 0.3) is 16.7 Å². The Bertz CT molecular complexity index is 1730. The zero-order valence-electron chi connectivity index (χ0n) is 27.6. The first-order valence-corrected chi connectivity index (χ1v) is 16.0. The highest BCUT2D eigenvalue weighted by molar-refractivity contribution is 5.92. The number of carbonyl (C=O) groups excluding carboxylic acids is 3. The van der Waals surface area contributed by atoms with Gasteiger partial charge in [0, 0.05) is 42.2 Å². The maximum atomic E-state index is 14.1. The number of allylic oxidation sites excluding steroid dienone is 1. The van der Waals surface area contributed by atoms with Gasteiger partial charge in [-0.2, -0.15) is 0 Å². The average Bonchev–Trinajstić information content (AvgIpc) is 3.35. The fourth-order valence-corrected chi connectivity index (χ4v) is 6.34. The molecule has 1 aromatic carbocycles. The smallest absolute Gasteiger partial charge is 0.408 e. The minimum atomic E-state index is -0.964. The fourth-order valence-electron chi connectivity index (χ4n) is 6.34. The van der Waals surface area contributed by atoms with E-state index in [2.05, 4.69) is 15.7 Å². The molecule has 3 aliphatic rings. The van der Waals surface area contributed by atoms with Crippen LogP contribution in [0.1, 0.15) is 53.9 Å². The summed E-state index contributed by atoms with van der Waals surface area (Å²) in [6.45, 7) is 9.70. The van der Waals surface area contributed by atoms with E-state index in [9.17, 15) is 14.4 Å². The molecule has 1 saturated carbocycles. The molecule has 47 heavy (non-hydrogen) atoms. The number of hydrogen-bond acceptors (Lipinski definition) is 9. The van der Waals surface area contributed by atoms with E-state index >= 15 is 0 Å². The number of alkyl carbamates (subject to hydrolysis) is 1. The number of fused-ring (bicyclic) bond motifs is 2.